The summed E-state index contributed by atoms with van der Waals surface area (Å²) in [4.78, 5) is 5.52. The highest BCUT2D eigenvalue weighted by molar-refractivity contribution is 5.65. The maximum absolute atomic E-state index is 6.02. The number of rotatable bonds is 2. The molecule has 84 valence electrons. The van der Waals surface area contributed by atoms with Gasteiger partial charge in [0.2, 0.25) is 0 Å². The van der Waals surface area contributed by atoms with Gasteiger partial charge >= 0.3 is 0 Å². The topological polar surface area (TPSA) is 56.3 Å². The number of nitrogens with two attached hydrogens (primary N) is 1. The smallest absolute Gasteiger partial charge is 0.175 e. The van der Waals surface area contributed by atoms with Crippen molar-refractivity contribution in [2.45, 2.75) is 33.2 Å². The largest absolute Gasteiger partial charge is 0.394 e. The van der Waals surface area contributed by atoms with Gasteiger partial charge in [-0.3, -0.25) is 4.84 Å². The second-order valence-corrected chi connectivity index (χ2v) is 4.15. The van der Waals surface area contributed by atoms with Crippen molar-refractivity contribution < 1.29 is 4.84 Å². The zero-order valence-electron chi connectivity index (χ0n) is 9.53. The van der Waals surface area contributed by atoms with Crippen LogP contribution in [0.4, 0.5) is 11.5 Å². The molecule has 0 amide bonds. The standard InChI is InChI=1S/C10H18N4O/c1-7(2)14-10(9(11)8(3)12-14)13-5-4-6-15-13/h7H,4-6,11H2,1-3H3. The highest BCUT2D eigenvalue weighted by atomic mass is 16.7. The summed E-state index contributed by atoms with van der Waals surface area (Å²) < 4.78 is 1.93. The molecular formula is C10H18N4O. The van der Waals surface area contributed by atoms with Crippen LogP contribution in [0, 0.1) is 6.92 Å². The van der Waals surface area contributed by atoms with E-state index in [4.69, 9.17) is 10.6 Å². The minimum absolute atomic E-state index is 0.292. The van der Waals surface area contributed by atoms with E-state index in [1.807, 2.05) is 16.7 Å². The predicted molar refractivity (Wildman–Crippen MR) is 59.7 cm³/mol. The highest BCUT2D eigenvalue weighted by Gasteiger charge is 2.23. The van der Waals surface area contributed by atoms with Crippen molar-refractivity contribution >= 4 is 11.5 Å². The lowest BCUT2D eigenvalue weighted by Crippen LogP contribution is -2.22. The van der Waals surface area contributed by atoms with Gasteiger partial charge in [-0.25, -0.2) is 9.75 Å². The van der Waals surface area contributed by atoms with Crippen molar-refractivity contribution in [1.29, 1.82) is 0 Å². The first-order valence-corrected chi connectivity index (χ1v) is 5.36. The molecular weight excluding hydrogens is 192 g/mol. The molecule has 0 aliphatic carbocycles. The molecule has 0 aromatic carbocycles. The van der Waals surface area contributed by atoms with Crippen LogP contribution in [0.25, 0.3) is 0 Å². The van der Waals surface area contributed by atoms with E-state index in [9.17, 15) is 0 Å². The van der Waals surface area contributed by atoms with Crippen LogP contribution in [0.1, 0.15) is 32.0 Å². The first-order chi connectivity index (χ1) is 7.11. The van der Waals surface area contributed by atoms with Gasteiger partial charge in [0.05, 0.1) is 18.0 Å². The summed E-state index contributed by atoms with van der Waals surface area (Å²) in [5.74, 6) is 0.903. The van der Waals surface area contributed by atoms with Crippen molar-refractivity contribution in [3.63, 3.8) is 0 Å². The Hall–Kier alpha value is -1.23. The zero-order chi connectivity index (χ0) is 11.0. The summed E-state index contributed by atoms with van der Waals surface area (Å²) in [5.41, 5.74) is 7.61. The first kappa shape index (κ1) is 10.3. The van der Waals surface area contributed by atoms with Crippen molar-refractivity contribution in [3.05, 3.63) is 5.69 Å². The maximum atomic E-state index is 6.02. The van der Waals surface area contributed by atoms with Crippen LogP contribution in [0.2, 0.25) is 0 Å². The van der Waals surface area contributed by atoms with Crippen molar-refractivity contribution in [2.75, 3.05) is 23.9 Å². The fourth-order valence-electron chi connectivity index (χ4n) is 1.77. The van der Waals surface area contributed by atoms with Gasteiger partial charge in [0, 0.05) is 12.6 Å². The second kappa shape index (κ2) is 3.73. The van der Waals surface area contributed by atoms with Crippen LogP contribution < -0.4 is 10.8 Å². The van der Waals surface area contributed by atoms with Gasteiger partial charge < -0.3 is 5.73 Å². The number of anilines is 2. The Morgan fingerprint density at radius 1 is 1.47 bits per heavy atom. The Morgan fingerprint density at radius 3 is 2.73 bits per heavy atom. The maximum Gasteiger partial charge on any atom is 0.175 e. The molecule has 0 radical (unpaired) electrons. The van der Waals surface area contributed by atoms with E-state index in [-0.39, 0.29) is 0 Å². The third kappa shape index (κ3) is 1.67. The molecule has 0 unspecified atom stereocenters. The molecule has 1 aliphatic heterocycles. The zero-order valence-corrected chi connectivity index (χ0v) is 9.53. The van der Waals surface area contributed by atoms with E-state index >= 15 is 0 Å². The molecule has 1 fully saturated rings. The summed E-state index contributed by atoms with van der Waals surface area (Å²) in [5, 5.41) is 6.28. The Morgan fingerprint density at radius 2 is 2.20 bits per heavy atom. The molecule has 2 N–H and O–H groups in total. The summed E-state index contributed by atoms with van der Waals surface area (Å²) in [6.07, 6.45) is 1.04. The predicted octanol–water partition coefficient (Wildman–Crippen LogP) is 1.50. The SMILES string of the molecule is Cc1nn(C(C)C)c(N2CCCO2)c1N. The normalized spacial score (nSPS) is 16.7. The number of nitrogen functional groups attached to an aromatic ring is 1. The molecule has 1 saturated heterocycles. The lowest BCUT2D eigenvalue weighted by molar-refractivity contribution is 0.163. The molecule has 15 heavy (non-hydrogen) atoms. The number of nitrogens with zero attached hydrogens (tertiary/aromatic N) is 3. The fourth-order valence-corrected chi connectivity index (χ4v) is 1.77. The Labute approximate surface area is 89.8 Å². The number of hydroxylamine groups is 1. The molecule has 0 bridgehead atoms. The Balaban J connectivity index is 2.42. The molecule has 5 heteroatoms. The molecule has 2 rings (SSSR count). The van der Waals surface area contributed by atoms with Crippen LogP contribution in [0.5, 0.6) is 0 Å². The number of hydrogen-bond donors (Lipinski definition) is 1. The molecule has 0 atom stereocenters. The van der Waals surface area contributed by atoms with Crippen LogP contribution in [0.15, 0.2) is 0 Å². The van der Waals surface area contributed by atoms with Crippen LogP contribution in [0.3, 0.4) is 0 Å². The van der Waals surface area contributed by atoms with Gasteiger partial charge in [-0.1, -0.05) is 0 Å². The van der Waals surface area contributed by atoms with E-state index in [1.54, 1.807) is 0 Å². The molecule has 1 aliphatic rings. The first-order valence-electron chi connectivity index (χ1n) is 5.36. The van der Waals surface area contributed by atoms with Crippen molar-refractivity contribution in [1.82, 2.24) is 9.78 Å². The van der Waals surface area contributed by atoms with Crippen LogP contribution in [-0.4, -0.2) is 22.9 Å². The Bertz CT molecular complexity index is 353. The van der Waals surface area contributed by atoms with E-state index in [0.29, 0.717) is 6.04 Å². The van der Waals surface area contributed by atoms with E-state index < -0.39 is 0 Å². The molecule has 1 aromatic heterocycles. The number of hydrogen-bond acceptors (Lipinski definition) is 4. The minimum Gasteiger partial charge on any atom is -0.394 e. The van der Waals surface area contributed by atoms with Crippen molar-refractivity contribution in [2.24, 2.45) is 0 Å². The van der Waals surface area contributed by atoms with Gasteiger partial charge in [-0.15, -0.1) is 0 Å². The fraction of sp³-hybridized carbons (Fsp3) is 0.700. The second-order valence-electron chi connectivity index (χ2n) is 4.15. The summed E-state index contributed by atoms with van der Waals surface area (Å²) in [6, 6.07) is 0.292. The van der Waals surface area contributed by atoms with Gasteiger partial charge in [0.15, 0.2) is 5.82 Å². The molecule has 0 spiro atoms. The van der Waals surface area contributed by atoms with E-state index in [1.165, 1.54) is 0 Å². The van der Waals surface area contributed by atoms with Gasteiger partial charge in [0.1, 0.15) is 0 Å². The van der Waals surface area contributed by atoms with Gasteiger partial charge in [0.25, 0.3) is 0 Å². The average molecular weight is 210 g/mol. The molecule has 2 heterocycles. The number of aromatic nitrogens is 2. The summed E-state index contributed by atoms with van der Waals surface area (Å²) >= 11 is 0. The third-order valence-corrected chi connectivity index (χ3v) is 2.58. The molecule has 1 aromatic rings. The lowest BCUT2D eigenvalue weighted by atomic mass is 10.3. The lowest BCUT2D eigenvalue weighted by Gasteiger charge is -2.20. The van der Waals surface area contributed by atoms with Gasteiger partial charge in [-0.2, -0.15) is 5.10 Å². The van der Waals surface area contributed by atoms with Gasteiger partial charge in [-0.05, 0) is 27.2 Å². The van der Waals surface area contributed by atoms with Crippen LogP contribution in [-0.2, 0) is 4.84 Å². The Kier molecular flexibility index (Phi) is 2.56. The minimum atomic E-state index is 0.292. The quantitative estimate of drug-likeness (QED) is 0.803. The summed E-state index contributed by atoms with van der Waals surface area (Å²) in [6.45, 7) is 7.76. The average Bonchev–Trinajstić information content (AvgIpc) is 2.76. The monoisotopic (exact) mass is 210 g/mol. The van der Waals surface area contributed by atoms with Crippen molar-refractivity contribution in [3.8, 4) is 0 Å². The molecule has 0 saturated carbocycles. The van der Waals surface area contributed by atoms with Crippen LogP contribution >= 0.6 is 0 Å². The molecule has 5 nitrogen and oxygen atoms in total. The summed E-state index contributed by atoms with van der Waals surface area (Å²) in [7, 11) is 0. The number of aryl methyl sites for hydroxylation is 1. The van der Waals surface area contributed by atoms with E-state index in [2.05, 4.69) is 18.9 Å². The van der Waals surface area contributed by atoms with E-state index in [0.717, 1.165) is 36.8 Å². The highest BCUT2D eigenvalue weighted by Crippen LogP contribution is 2.31. The third-order valence-electron chi connectivity index (χ3n) is 2.58.